The van der Waals surface area contributed by atoms with Gasteiger partial charge in [-0.25, -0.2) is 4.98 Å². The van der Waals surface area contributed by atoms with E-state index in [0.29, 0.717) is 47.9 Å². The number of nitrogens with one attached hydrogen (secondary N) is 1. The average molecular weight is 465 g/mol. The van der Waals surface area contributed by atoms with Crippen molar-refractivity contribution in [1.29, 1.82) is 0 Å². The van der Waals surface area contributed by atoms with Crippen molar-refractivity contribution in [3.63, 3.8) is 0 Å². The number of benzene rings is 1. The van der Waals surface area contributed by atoms with Crippen molar-refractivity contribution in [2.24, 2.45) is 4.99 Å². The van der Waals surface area contributed by atoms with Crippen LogP contribution in [0.1, 0.15) is 22.5 Å². The van der Waals surface area contributed by atoms with Crippen molar-refractivity contribution in [2.45, 2.75) is 26.0 Å². The van der Waals surface area contributed by atoms with E-state index in [1.165, 1.54) is 6.42 Å². The maximum Gasteiger partial charge on any atom is 0.282 e. The van der Waals surface area contributed by atoms with Gasteiger partial charge in [-0.2, -0.15) is 4.99 Å². The number of carbonyl (C=O) groups excluding carboxylic acids is 1. The summed E-state index contributed by atoms with van der Waals surface area (Å²) in [4.78, 5) is 28.3. The third kappa shape index (κ3) is 4.22. The molecule has 34 heavy (non-hydrogen) atoms. The lowest BCUT2D eigenvalue weighted by atomic mass is 10.2. The number of ether oxygens (including phenoxy) is 2. The monoisotopic (exact) mass is 464 g/mol. The molecule has 178 valence electrons. The summed E-state index contributed by atoms with van der Waals surface area (Å²) in [6.07, 6.45) is 2.21. The van der Waals surface area contributed by atoms with Crippen LogP contribution in [-0.2, 0) is 6.54 Å². The minimum Gasteiger partial charge on any atom is -0.491 e. The van der Waals surface area contributed by atoms with Gasteiger partial charge in [-0.1, -0.05) is 0 Å². The number of likely N-dealkylation sites (tertiary alicyclic amines) is 1. The summed E-state index contributed by atoms with van der Waals surface area (Å²) >= 11 is 0. The van der Waals surface area contributed by atoms with Crippen molar-refractivity contribution in [1.82, 2.24) is 19.4 Å². The Morgan fingerprint density at radius 2 is 2.15 bits per heavy atom. The van der Waals surface area contributed by atoms with Crippen LogP contribution in [0.25, 0.3) is 10.9 Å². The molecule has 0 saturated carbocycles. The molecule has 10 nitrogen and oxygen atoms in total. The SMILES string of the molecule is COc1c(OCC(O)CN2CCC2)ccc2c3n(c(=NC(=O)c4cccnc4C)nc12)CCN3. The van der Waals surface area contributed by atoms with Gasteiger partial charge in [0.1, 0.15) is 24.0 Å². The Bertz CT molecular complexity index is 1300. The van der Waals surface area contributed by atoms with Crippen LogP contribution in [0.3, 0.4) is 0 Å². The molecule has 0 radical (unpaired) electrons. The van der Waals surface area contributed by atoms with E-state index >= 15 is 0 Å². The number of aliphatic hydroxyl groups excluding tert-OH is 1. The normalized spacial score (nSPS) is 16.6. The molecule has 2 N–H and O–H groups in total. The zero-order chi connectivity index (χ0) is 23.7. The van der Waals surface area contributed by atoms with Crippen LogP contribution in [-0.4, -0.2) is 76.4 Å². The Labute approximate surface area is 196 Å². The van der Waals surface area contributed by atoms with E-state index in [0.717, 1.165) is 24.3 Å². The topological polar surface area (TPSA) is 114 Å². The number of aryl methyl sites for hydroxylation is 1. The smallest absolute Gasteiger partial charge is 0.282 e. The summed E-state index contributed by atoms with van der Waals surface area (Å²) in [5.41, 5.74) is 1.87. The van der Waals surface area contributed by atoms with E-state index < -0.39 is 12.0 Å². The third-order valence-electron chi connectivity index (χ3n) is 6.19. The predicted octanol–water partition coefficient (Wildman–Crippen LogP) is 1.36. The zero-order valence-electron chi connectivity index (χ0n) is 19.3. The highest BCUT2D eigenvalue weighted by Crippen LogP contribution is 2.37. The van der Waals surface area contributed by atoms with Crippen molar-refractivity contribution >= 4 is 22.6 Å². The molecule has 0 spiro atoms. The van der Waals surface area contributed by atoms with E-state index in [4.69, 9.17) is 14.5 Å². The number of β-amino-alcohol motifs (C(OH)–C–C–N with tert-alkyl or cyclic N) is 1. The number of pyridine rings is 1. The third-order valence-corrected chi connectivity index (χ3v) is 6.19. The number of aliphatic hydroxyl groups is 1. The zero-order valence-corrected chi connectivity index (χ0v) is 19.3. The van der Waals surface area contributed by atoms with Crippen molar-refractivity contribution < 1.29 is 19.4 Å². The molecule has 1 saturated heterocycles. The second-order valence-electron chi connectivity index (χ2n) is 8.50. The van der Waals surface area contributed by atoms with Gasteiger partial charge in [0.05, 0.1) is 18.4 Å². The molecule has 4 heterocycles. The molecule has 1 aromatic carbocycles. The molecule has 2 aliphatic rings. The van der Waals surface area contributed by atoms with Gasteiger partial charge in [0.25, 0.3) is 5.91 Å². The molecule has 1 amide bonds. The minimum absolute atomic E-state index is 0.145. The van der Waals surface area contributed by atoms with Crippen LogP contribution in [0.5, 0.6) is 11.5 Å². The summed E-state index contributed by atoms with van der Waals surface area (Å²) in [6, 6.07) is 7.14. The van der Waals surface area contributed by atoms with Gasteiger partial charge in [-0.3, -0.25) is 14.3 Å². The number of hydrogen-bond donors (Lipinski definition) is 2. The molecule has 1 unspecified atom stereocenters. The van der Waals surface area contributed by atoms with E-state index in [1.54, 1.807) is 32.4 Å². The van der Waals surface area contributed by atoms with E-state index in [-0.39, 0.29) is 12.2 Å². The highest BCUT2D eigenvalue weighted by Gasteiger charge is 2.22. The molecule has 3 aromatic rings. The van der Waals surface area contributed by atoms with Crippen LogP contribution < -0.4 is 20.4 Å². The van der Waals surface area contributed by atoms with Gasteiger partial charge < -0.3 is 24.8 Å². The average Bonchev–Trinajstić information content (AvgIpc) is 3.30. The quantitative estimate of drug-likeness (QED) is 0.539. The Kier molecular flexibility index (Phi) is 6.16. The number of methoxy groups -OCH3 is 1. The Morgan fingerprint density at radius 1 is 1.29 bits per heavy atom. The van der Waals surface area contributed by atoms with Crippen LogP contribution in [0, 0.1) is 6.92 Å². The molecule has 1 atom stereocenters. The first-order valence-corrected chi connectivity index (χ1v) is 11.4. The number of anilines is 1. The fourth-order valence-electron chi connectivity index (χ4n) is 4.31. The van der Waals surface area contributed by atoms with Gasteiger partial charge >= 0.3 is 0 Å². The van der Waals surface area contributed by atoms with Crippen molar-refractivity contribution in [3.05, 3.63) is 47.3 Å². The molecule has 2 aliphatic heterocycles. The molecule has 2 aromatic heterocycles. The first kappa shape index (κ1) is 22.3. The number of hydrogen-bond acceptors (Lipinski definition) is 8. The maximum atomic E-state index is 12.9. The summed E-state index contributed by atoms with van der Waals surface area (Å²) < 4.78 is 13.5. The number of rotatable bonds is 7. The second kappa shape index (κ2) is 9.40. The standard InChI is InChI=1S/C24H28N6O4/c1-15-17(5-3-8-25-15)23(32)28-24-27-20-18(22-26-9-12-30(22)24)6-7-19(21(20)33-2)34-14-16(31)13-29-10-4-11-29/h3,5-8,16,26,31H,4,9-14H2,1-2H3. The summed E-state index contributed by atoms with van der Waals surface area (Å²) in [6.45, 7) is 5.87. The number of amides is 1. The van der Waals surface area contributed by atoms with Crippen molar-refractivity contribution in [2.75, 3.05) is 45.2 Å². The fraction of sp³-hybridized carbons (Fsp3) is 0.417. The van der Waals surface area contributed by atoms with Crippen LogP contribution in [0.2, 0.25) is 0 Å². The van der Waals surface area contributed by atoms with Gasteiger partial charge in [-0.15, -0.1) is 0 Å². The Hall–Kier alpha value is -3.50. The number of aromatic nitrogens is 3. The molecule has 0 aliphatic carbocycles. The number of fused-ring (bicyclic) bond motifs is 3. The van der Waals surface area contributed by atoms with E-state index in [9.17, 15) is 9.90 Å². The van der Waals surface area contributed by atoms with Gasteiger partial charge in [-0.05, 0) is 50.7 Å². The summed E-state index contributed by atoms with van der Waals surface area (Å²) in [7, 11) is 1.55. The highest BCUT2D eigenvalue weighted by molar-refractivity contribution is 5.97. The molecular formula is C24H28N6O4. The van der Waals surface area contributed by atoms with Crippen LogP contribution in [0.4, 0.5) is 5.82 Å². The predicted molar refractivity (Wildman–Crippen MR) is 126 cm³/mol. The number of carbonyl (C=O) groups is 1. The lowest BCUT2D eigenvalue weighted by Gasteiger charge is -2.32. The van der Waals surface area contributed by atoms with Crippen LogP contribution >= 0.6 is 0 Å². The van der Waals surface area contributed by atoms with Gasteiger partial charge in [0, 0.05) is 31.2 Å². The molecular weight excluding hydrogens is 436 g/mol. The molecule has 10 heteroatoms. The lowest BCUT2D eigenvalue weighted by Crippen LogP contribution is -2.43. The van der Waals surface area contributed by atoms with E-state index in [2.05, 4.69) is 20.2 Å². The van der Waals surface area contributed by atoms with Gasteiger partial charge in [0.15, 0.2) is 11.5 Å². The first-order chi connectivity index (χ1) is 16.5. The fourth-order valence-corrected chi connectivity index (χ4v) is 4.31. The van der Waals surface area contributed by atoms with Crippen LogP contribution in [0.15, 0.2) is 35.5 Å². The second-order valence-corrected chi connectivity index (χ2v) is 8.50. The van der Waals surface area contributed by atoms with Crippen molar-refractivity contribution in [3.8, 4) is 11.5 Å². The number of nitrogens with zero attached hydrogens (tertiary/aromatic N) is 5. The maximum absolute atomic E-state index is 12.9. The molecule has 1 fully saturated rings. The molecule has 0 bridgehead atoms. The largest absolute Gasteiger partial charge is 0.491 e. The minimum atomic E-state index is -0.600. The Morgan fingerprint density at radius 3 is 2.88 bits per heavy atom. The van der Waals surface area contributed by atoms with E-state index in [1.807, 2.05) is 16.7 Å². The first-order valence-electron chi connectivity index (χ1n) is 11.4. The summed E-state index contributed by atoms with van der Waals surface area (Å²) in [5.74, 6) is 1.34. The molecule has 5 rings (SSSR count). The van der Waals surface area contributed by atoms with Gasteiger partial charge in [0.2, 0.25) is 5.62 Å². The highest BCUT2D eigenvalue weighted by atomic mass is 16.5. The Balaban J connectivity index is 1.52. The summed E-state index contributed by atoms with van der Waals surface area (Å²) in [5, 5.41) is 14.5. The lowest BCUT2D eigenvalue weighted by molar-refractivity contribution is 0.0461.